The Hall–Kier alpha value is -2.07. The second-order valence-corrected chi connectivity index (χ2v) is 3.85. The van der Waals surface area contributed by atoms with Crippen LogP contribution in [0.2, 0.25) is 0 Å². The number of nitrogens with two attached hydrogens (primary N) is 2. The second kappa shape index (κ2) is 4.84. The average molecular weight is 229 g/mol. The Morgan fingerprint density at radius 1 is 1.12 bits per heavy atom. The molecule has 0 amide bonds. The summed E-state index contributed by atoms with van der Waals surface area (Å²) in [5.41, 5.74) is 16.0. The first kappa shape index (κ1) is 11.4. The fraction of sp³-hybridized carbons (Fsp3) is 0.154. The Morgan fingerprint density at radius 3 is 2.47 bits per heavy atom. The van der Waals surface area contributed by atoms with E-state index < -0.39 is 0 Å². The second-order valence-electron chi connectivity index (χ2n) is 3.85. The predicted molar refractivity (Wildman–Crippen MR) is 69.3 cm³/mol. The molecule has 4 nitrogen and oxygen atoms in total. The van der Waals surface area contributed by atoms with E-state index in [2.05, 4.69) is 4.98 Å². The zero-order valence-electron chi connectivity index (χ0n) is 9.43. The third kappa shape index (κ3) is 2.37. The van der Waals surface area contributed by atoms with Gasteiger partial charge in [-0.15, -0.1) is 0 Å². The number of anilines is 2. The number of hydrogen-bond acceptors (Lipinski definition) is 4. The fourth-order valence-electron chi connectivity index (χ4n) is 1.84. The van der Waals surface area contributed by atoms with Gasteiger partial charge in [0, 0.05) is 35.9 Å². The molecule has 0 bridgehead atoms. The molecule has 0 saturated heterocycles. The summed E-state index contributed by atoms with van der Waals surface area (Å²) in [6, 6.07) is 7.41. The average Bonchev–Trinajstić information content (AvgIpc) is 2.35. The first-order valence-corrected chi connectivity index (χ1v) is 5.41. The zero-order valence-corrected chi connectivity index (χ0v) is 9.43. The van der Waals surface area contributed by atoms with Crippen LogP contribution in [0, 0.1) is 0 Å². The van der Waals surface area contributed by atoms with E-state index in [-0.39, 0.29) is 6.61 Å². The Balaban J connectivity index is 2.54. The van der Waals surface area contributed by atoms with Crippen LogP contribution in [0.15, 0.2) is 36.7 Å². The van der Waals surface area contributed by atoms with Gasteiger partial charge in [0.2, 0.25) is 0 Å². The molecule has 4 heteroatoms. The lowest BCUT2D eigenvalue weighted by atomic mass is 9.99. The largest absolute Gasteiger partial charge is 0.399 e. The number of hydrogen-bond donors (Lipinski definition) is 3. The van der Waals surface area contributed by atoms with Gasteiger partial charge in [0.25, 0.3) is 0 Å². The summed E-state index contributed by atoms with van der Waals surface area (Å²) in [4.78, 5) is 3.97. The van der Waals surface area contributed by atoms with E-state index in [1.54, 1.807) is 18.5 Å². The number of rotatable bonds is 3. The first-order valence-electron chi connectivity index (χ1n) is 5.41. The van der Waals surface area contributed by atoms with Gasteiger partial charge in [0.15, 0.2) is 0 Å². The van der Waals surface area contributed by atoms with Crippen LogP contribution in [-0.2, 0) is 6.42 Å². The number of aliphatic hydroxyl groups is 1. The summed E-state index contributed by atoms with van der Waals surface area (Å²) in [6.45, 7) is 0.0590. The first-order chi connectivity index (χ1) is 8.22. The van der Waals surface area contributed by atoms with Gasteiger partial charge in [-0.25, -0.2) is 0 Å². The van der Waals surface area contributed by atoms with E-state index in [0.717, 1.165) is 16.7 Å². The van der Waals surface area contributed by atoms with E-state index >= 15 is 0 Å². The lowest BCUT2D eigenvalue weighted by molar-refractivity contribution is 0.300. The molecule has 0 atom stereocenters. The summed E-state index contributed by atoms with van der Waals surface area (Å²) in [5.74, 6) is 0. The van der Waals surface area contributed by atoms with Crippen molar-refractivity contribution in [3.63, 3.8) is 0 Å². The Kier molecular flexibility index (Phi) is 3.25. The van der Waals surface area contributed by atoms with Crippen LogP contribution in [-0.4, -0.2) is 16.7 Å². The molecule has 0 aliphatic carbocycles. The molecular formula is C13H15N3O. The van der Waals surface area contributed by atoms with Crippen molar-refractivity contribution < 1.29 is 5.11 Å². The maximum absolute atomic E-state index is 8.99. The van der Waals surface area contributed by atoms with E-state index in [9.17, 15) is 0 Å². The predicted octanol–water partition coefficient (Wildman–Crippen LogP) is 1.45. The quantitative estimate of drug-likeness (QED) is 0.695. The molecule has 0 saturated carbocycles. The number of aromatic nitrogens is 1. The van der Waals surface area contributed by atoms with Gasteiger partial charge in [0.05, 0.1) is 0 Å². The van der Waals surface area contributed by atoms with Gasteiger partial charge in [-0.1, -0.05) is 0 Å². The molecule has 5 N–H and O–H groups in total. The number of nitrogens with zero attached hydrogens (tertiary/aromatic N) is 1. The van der Waals surface area contributed by atoms with Crippen LogP contribution in [0.1, 0.15) is 5.56 Å². The van der Waals surface area contributed by atoms with E-state index in [1.807, 2.05) is 18.2 Å². The Morgan fingerprint density at radius 2 is 1.82 bits per heavy atom. The summed E-state index contributed by atoms with van der Waals surface area (Å²) >= 11 is 0. The maximum atomic E-state index is 8.99. The molecule has 2 aromatic rings. The topological polar surface area (TPSA) is 85.2 Å². The van der Waals surface area contributed by atoms with E-state index in [4.69, 9.17) is 16.6 Å². The molecule has 0 spiro atoms. The number of aliphatic hydroxyl groups excluding tert-OH is 1. The molecule has 2 rings (SSSR count). The van der Waals surface area contributed by atoms with Crippen LogP contribution in [0.5, 0.6) is 0 Å². The molecule has 0 fully saturated rings. The molecule has 1 aromatic carbocycles. The standard InChI is InChI=1S/C13H15N3O/c14-11-7-10(3-6-17)13(15)12(8-11)9-1-4-16-5-2-9/h1-2,4-5,7-8,17H,3,6,14-15H2. The number of nitrogen functional groups attached to an aromatic ring is 2. The molecule has 1 aromatic heterocycles. The van der Waals surface area contributed by atoms with Crippen molar-refractivity contribution in [3.05, 3.63) is 42.2 Å². The van der Waals surface area contributed by atoms with Crippen molar-refractivity contribution >= 4 is 11.4 Å². The lowest BCUT2D eigenvalue weighted by Crippen LogP contribution is -2.02. The van der Waals surface area contributed by atoms with Crippen LogP contribution < -0.4 is 11.5 Å². The zero-order chi connectivity index (χ0) is 12.3. The van der Waals surface area contributed by atoms with Crippen molar-refractivity contribution in [3.8, 4) is 11.1 Å². The smallest absolute Gasteiger partial charge is 0.0472 e. The minimum Gasteiger partial charge on any atom is -0.399 e. The Labute approximate surface area is 99.9 Å². The van der Waals surface area contributed by atoms with Gasteiger partial charge in [0.1, 0.15) is 0 Å². The summed E-state index contributed by atoms with van der Waals surface area (Å²) < 4.78 is 0. The SMILES string of the molecule is Nc1cc(CCO)c(N)c(-c2ccncc2)c1. The van der Waals surface area contributed by atoms with Crippen molar-refractivity contribution in [1.29, 1.82) is 0 Å². The monoisotopic (exact) mass is 229 g/mol. The Bertz CT molecular complexity index is 512. The molecule has 0 aliphatic rings. The molecule has 0 aliphatic heterocycles. The van der Waals surface area contributed by atoms with E-state index in [1.165, 1.54) is 0 Å². The highest BCUT2D eigenvalue weighted by atomic mass is 16.2. The molecule has 0 radical (unpaired) electrons. The molecule has 17 heavy (non-hydrogen) atoms. The highest BCUT2D eigenvalue weighted by Crippen LogP contribution is 2.31. The molecular weight excluding hydrogens is 214 g/mol. The molecule has 0 unspecified atom stereocenters. The maximum Gasteiger partial charge on any atom is 0.0472 e. The summed E-state index contributed by atoms with van der Waals surface area (Å²) in [5, 5.41) is 8.99. The van der Waals surface area contributed by atoms with Crippen LogP contribution in [0.4, 0.5) is 11.4 Å². The van der Waals surface area contributed by atoms with Crippen molar-refractivity contribution in [1.82, 2.24) is 4.98 Å². The summed E-state index contributed by atoms with van der Waals surface area (Å²) in [6.07, 6.45) is 3.93. The van der Waals surface area contributed by atoms with Gasteiger partial charge >= 0.3 is 0 Å². The third-order valence-corrected chi connectivity index (χ3v) is 2.66. The van der Waals surface area contributed by atoms with Crippen LogP contribution >= 0.6 is 0 Å². The third-order valence-electron chi connectivity index (χ3n) is 2.66. The van der Waals surface area contributed by atoms with Gasteiger partial charge in [-0.3, -0.25) is 4.98 Å². The minimum absolute atomic E-state index is 0.0590. The van der Waals surface area contributed by atoms with Crippen LogP contribution in [0.3, 0.4) is 0 Å². The van der Waals surface area contributed by atoms with Crippen molar-refractivity contribution in [2.75, 3.05) is 18.1 Å². The highest BCUT2D eigenvalue weighted by molar-refractivity contribution is 5.81. The van der Waals surface area contributed by atoms with Gasteiger partial charge < -0.3 is 16.6 Å². The lowest BCUT2D eigenvalue weighted by Gasteiger charge is -2.12. The normalized spacial score (nSPS) is 10.4. The highest BCUT2D eigenvalue weighted by Gasteiger charge is 2.08. The van der Waals surface area contributed by atoms with E-state index in [0.29, 0.717) is 17.8 Å². The number of benzene rings is 1. The number of pyridine rings is 1. The summed E-state index contributed by atoms with van der Waals surface area (Å²) in [7, 11) is 0. The van der Waals surface area contributed by atoms with Crippen molar-refractivity contribution in [2.24, 2.45) is 0 Å². The molecule has 88 valence electrons. The van der Waals surface area contributed by atoms with Crippen molar-refractivity contribution in [2.45, 2.75) is 6.42 Å². The van der Waals surface area contributed by atoms with Gasteiger partial charge in [-0.2, -0.15) is 0 Å². The minimum atomic E-state index is 0.0590. The van der Waals surface area contributed by atoms with Gasteiger partial charge in [-0.05, 0) is 41.8 Å². The molecule has 1 heterocycles. The van der Waals surface area contributed by atoms with Crippen LogP contribution in [0.25, 0.3) is 11.1 Å². The fourth-order valence-corrected chi connectivity index (χ4v) is 1.84.